The molecule has 1 aliphatic rings. The highest BCUT2D eigenvalue weighted by Gasteiger charge is 2.52. The van der Waals surface area contributed by atoms with Crippen molar-refractivity contribution in [2.24, 2.45) is 0 Å². The van der Waals surface area contributed by atoms with Gasteiger partial charge in [-0.15, -0.1) is 10.2 Å². The maximum Gasteiger partial charge on any atom is 0.261 e. The summed E-state index contributed by atoms with van der Waals surface area (Å²) in [5.41, 5.74) is 0.732. The zero-order valence-corrected chi connectivity index (χ0v) is 29.1. The Morgan fingerprint density at radius 2 is 1.73 bits per heavy atom. The lowest BCUT2D eigenvalue weighted by molar-refractivity contribution is -0.131. The van der Waals surface area contributed by atoms with Crippen molar-refractivity contribution >= 4 is 34.7 Å². The van der Waals surface area contributed by atoms with Crippen molar-refractivity contribution in [3.05, 3.63) is 40.8 Å². The quantitative estimate of drug-likeness (QED) is 0.154. The second-order valence-corrected chi connectivity index (χ2v) is 14.5. The van der Waals surface area contributed by atoms with Crippen molar-refractivity contribution in [2.75, 3.05) is 5.32 Å². The minimum absolute atomic E-state index is 0.105. The largest absolute Gasteiger partial charge is 0.478 e. The summed E-state index contributed by atoms with van der Waals surface area (Å²) in [4.78, 5) is 26.5. The molecule has 0 saturated heterocycles. The summed E-state index contributed by atoms with van der Waals surface area (Å²) in [5.74, 6) is 0.999. The van der Waals surface area contributed by atoms with Crippen LogP contribution in [-0.2, 0) is 20.4 Å². The minimum Gasteiger partial charge on any atom is -0.478 e. The first-order chi connectivity index (χ1) is 21.3. The Morgan fingerprint density at radius 3 is 2.44 bits per heavy atom. The zero-order valence-electron chi connectivity index (χ0n) is 28.3. The van der Waals surface area contributed by atoms with Gasteiger partial charge in [0, 0.05) is 17.4 Å². The molecule has 0 aliphatic heterocycles. The number of hydrogen-bond donors (Lipinski definition) is 3. The average molecular weight is 641 g/mol. The number of nitrogens with zero attached hydrogens (tertiary/aromatic N) is 3. The predicted molar refractivity (Wildman–Crippen MR) is 181 cm³/mol. The second kappa shape index (κ2) is 14.6. The minimum atomic E-state index is -0.718. The van der Waals surface area contributed by atoms with E-state index in [-0.39, 0.29) is 17.2 Å². The fraction of sp³-hybridized carbons (Fsp3) is 0.657. The van der Waals surface area contributed by atoms with Gasteiger partial charge in [-0.1, -0.05) is 110 Å². The van der Waals surface area contributed by atoms with Gasteiger partial charge in [0.15, 0.2) is 17.6 Å². The number of carbonyl (C=O) groups is 2. The summed E-state index contributed by atoms with van der Waals surface area (Å²) < 4.78 is 8.38. The molecule has 3 aromatic rings. The fourth-order valence-electron chi connectivity index (χ4n) is 6.50. The number of anilines is 1. The van der Waals surface area contributed by atoms with Gasteiger partial charge in [-0.3, -0.25) is 14.7 Å². The first-order valence-corrected chi connectivity index (χ1v) is 17.2. The molecule has 9 nitrogen and oxygen atoms in total. The fourth-order valence-corrected chi connectivity index (χ4v) is 6.95. The molecule has 4 rings (SSSR count). The second-order valence-electron chi connectivity index (χ2n) is 14.2. The van der Waals surface area contributed by atoms with Crippen LogP contribution in [0.3, 0.4) is 0 Å². The predicted octanol–water partition coefficient (Wildman–Crippen LogP) is 8.26. The van der Waals surface area contributed by atoms with Gasteiger partial charge in [-0.25, -0.2) is 4.52 Å². The Hall–Kier alpha value is -3.07. The maximum atomic E-state index is 14.3. The van der Waals surface area contributed by atoms with Crippen LogP contribution in [0.4, 0.5) is 5.69 Å². The molecule has 10 heteroatoms. The standard InChI is InChI=1S/C35H53ClN6O3/c1-8-10-11-12-13-14-21-26(45-25-20-16-15-19-24(25)37-27(43)9-2)31(44)38-35(7)23-18-17-22-34(35,6)32-40-39-30-28(36)29(33(3,4)5)41-42(30)32/h15-16,19-20,26,41H,8-14,17-18,21-23H2,1-7H3,(H,37,43)(H,38,44). The number of ether oxygens (including phenoxy) is 1. The highest BCUT2D eigenvalue weighted by Crippen LogP contribution is 2.46. The monoisotopic (exact) mass is 640 g/mol. The molecule has 0 radical (unpaired) electrons. The molecule has 2 amide bonds. The van der Waals surface area contributed by atoms with Crippen molar-refractivity contribution in [2.45, 2.75) is 148 Å². The van der Waals surface area contributed by atoms with Gasteiger partial charge in [-0.05, 0) is 44.7 Å². The van der Waals surface area contributed by atoms with Crippen LogP contribution in [0.2, 0.25) is 5.02 Å². The molecule has 248 valence electrons. The van der Waals surface area contributed by atoms with Gasteiger partial charge in [0.1, 0.15) is 10.8 Å². The third kappa shape index (κ3) is 7.67. The summed E-state index contributed by atoms with van der Waals surface area (Å²) in [6.07, 6.45) is 10.5. The van der Waals surface area contributed by atoms with Crippen LogP contribution < -0.4 is 15.4 Å². The maximum absolute atomic E-state index is 14.3. The van der Waals surface area contributed by atoms with E-state index >= 15 is 0 Å². The number of benzene rings is 1. The van der Waals surface area contributed by atoms with Gasteiger partial charge in [0.05, 0.1) is 16.8 Å². The van der Waals surface area contributed by atoms with Crippen LogP contribution in [0.1, 0.15) is 137 Å². The van der Waals surface area contributed by atoms with Crippen molar-refractivity contribution in [3.8, 4) is 5.75 Å². The molecule has 1 aromatic carbocycles. The number of hydrogen-bond acceptors (Lipinski definition) is 5. The lowest BCUT2D eigenvalue weighted by Crippen LogP contribution is -2.63. The molecule has 0 spiro atoms. The van der Waals surface area contributed by atoms with E-state index in [0.717, 1.165) is 56.5 Å². The Kier molecular flexibility index (Phi) is 11.3. The van der Waals surface area contributed by atoms with Crippen LogP contribution in [0.5, 0.6) is 5.75 Å². The summed E-state index contributed by atoms with van der Waals surface area (Å²) in [6, 6.07) is 7.34. The third-order valence-electron chi connectivity index (χ3n) is 9.63. The summed E-state index contributed by atoms with van der Waals surface area (Å²) in [7, 11) is 0. The van der Waals surface area contributed by atoms with E-state index in [4.69, 9.17) is 16.3 Å². The lowest BCUT2D eigenvalue weighted by Gasteiger charge is -2.49. The lowest BCUT2D eigenvalue weighted by atomic mass is 9.62. The molecule has 2 heterocycles. The number of rotatable bonds is 14. The molecule has 3 unspecified atom stereocenters. The summed E-state index contributed by atoms with van der Waals surface area (Å²) in [6.45, 7) is 14.6. The third-order valence-corrected chi connectivity index (χ3v) is 9.99. The molecule has 3 atom stereocenters. The highest BCUT2D eigenvalue weighted by atomic mass is 35.5. The van der Waals surface area contributed by atoms with E-state index in [2.05, 4.69) is 67.5 Å². The molecule has 1 aliphatic carbocycles. The van der Waals surface area contributed by atoms with E-state index in [1.807, 2.05) is 35.7 Å². The highest BCUT2D eigenvalue weighted by molar-refractivity contribution is 6.34. The molecular weight excluding hydrogens is 588 g/mol. The SMILES string of the molecule is CCCCCCCCC(Oc1ccccc1NC(=O)CC)C(=O)NC1(C)CCCCC1(C)c1nnc2c(Cl)c(C(C)(C)C)[nH]n12. The molecule has 45 heavy (non-hydrogen) atoms. The molecule has 3 N–H and O–H groups in total. The Labute approximate surface area is 273 Å². The van der Waals surface area contributed by atoms with Crippen molar-refractivity contribution in [3.63, 3.8) is 0 Å². The number of H-pyrrole nitrogens is 1. The van der Waals surface area contributed by atoms with Crippen LogP contribution in [0.15, 0.2) is 24.3 Å². The van der Waals surface area contributed by atoms with Crippen molar-refractivity contribution < 1.29 is 14.3 Å². The Morgan fingerprint density at radius 1 is 1.04 bits per heavy atom. The number of amides is 2. The van der Waals surface area contributed by atoms with Crippen molar-refractivity contribution in [1.29, 1.82) is 0 Å². The summed E-state index contributed by atoms with van der Waals surface area (Å²) >= 11 is 6.79. The molecule has 0 bridgehead atoms. The van der Waals surface area contributed by atoms with E-state index in [1.54, 1.807) is 0 Å². The van der Waals surface area contributed by atoms with Gasteiger partial charge in [0.25, 0.3) is 5.91 Å². The first kappa shape index (κ1) is 34.8. The van der Waals surface area contributed by atoms with Gasteiger partial charge in [-0.2, -0.15) is 0 Å². The van der Waals surface area contributed by atoms with Gasteiger partial charge >= 0.3 is 0 Å². The van der Waals surface area contributed by atoms with Crippen LogP contribution in [0.25, 0.3) is 5.65 Å². The molecule has 2 aromatic heterocycles. The molecular formula is C35H53ClN6O3. The number of aromatic amines is 1. The number of fused-ring (bicyclic) bond motifs is 1. The van der Waals surface area contributed by atoms with Gasteiger partial charge < -0.3 is 15.4 Å². The van der Waals surface area contributed by atoms with E-state index in [0.29, 0.717) is 34.9 Å². The van der Waals surface area contributed by atoms with Crippen molar-refractivity contribution in [1.82, 2.24) is 25.1 Å². The molecule has 1 saturated carbocycles. The number of nitrogens with one attached hydrogen (secondary N) is 3. The first-order valence-electron chi connectivity index (χ1n) is 16.9. The van der Waals surface area contributed by atoms with E-state index < -0.39 is 17.1 Å². The zero-order chi connectivity index (χ0) is 32.8. The topological polar surface area (TPSA) is 113 Å². The number of aromatic nitrogens is 4. The van der Waals surface area contributed by atoms with Crippen LogP contribution in [0, 0.1) is 0 Å². The van der Waals surface area contributed by atoms with E-state index in [1.165, 1.54) is 19.3 Å². The molecule has 1 fully saturated rings. The number of unbranched alkanes of at least 4 members (excludes halogenated alkanes) is 5. The number of halogens is 1. The smallest absolute Gasteiger partial charge is 0.261 e. The Bertz CT molecular complexity index is 1460. The van der Waals surface area contributed by atoms with Crippen LogP contribution in [-0.4, -0.2) is 43.3 Å². The summed E-state index contributed by atoms with van der Waals surface area (Å²) in [5, 5.41) is 19.6. The normalized spacial score (nSPS) is 21.1. The Balaban J connectivity index is 1.63. The number of carbonyl (C=O) groups excluding carboxylic acids is 2. The average Bonchev–Trinajstić information content (AvgIpc) is 3.57. The van der Waals surface area contributed by atoms with Gasteiger partial charge in [0.2, 0.25) is 5.91 Å². The number of para-hydroxylation sites is 2. The van der Waals surface area contributed by atoms with Crippen LogP contribution >= 0.6 is 11.6 Å². The van der Waals surface area contributed by atoms with E-state index in [9.17, 15) is 9.59 Å².